The maximum Gasteiger partial charge on any atom is 0.245 e. The van der Waals surface area contributed by atoms with Crippen LogP contribution in [-0.2, 0) is 29.0 Å². The molecule has 1 aliphatic rings. The number of carbonyl (C=O) groups is 1. The van der Waals surface area contributed by atoms with E-state index in [-0.39, 0.29) is 12.5 Å². The molecule has 0 spiro atoms. The maximum absolute atomic E-state index is 12.0. The Morgan fingerprint density at radius 1 is 1.18 bits per heavy atom. The van der Waals surface area contributed by atoms with Crippen LogP contribution in [0.25, 0.3) is 5.52 Å². The lowest BCUT2D eigenvalue weighted by Gasteiger charge is -2.20. The summed E-state index contributed by atoms with van der Waals surface area (Å²) in [5.41, 5.74) is 4.66. The quantitative estimate of drug-likeness (QED) is 0.388. The second kappa shape index (κ2) is 8.82. The maximum atomic E-state index is 12.0. The van der Waals surface area contributed by atoms with E-state index in [9.17, 15) is 13.6 Å². The molecule has 1 aliphatic heterocycles. The topological polar surface area (TPSA) is 131 Å². The molecule has 0 saturated carbocycles. The van der Waals surface area contributed by atoms with Crippen molar-refractivity contribution < 1.29 is 13.6 Å². The predicted molar refractivity (Wildman–Crippen MR) is 128 cm³/mol. The first-order valence-corrected chi connectivity index (χ1v) is 11.4. The standard InChI is InChI=1S/C22H22N8O3S/c1-28(34(32)33)13-18-17(4-3-9-23-18)26-20-8-6-16-12-24-22(27-30(16)20)25-15-5-7-19-14(10-15)11-21(31)29(19)2/h3-10,12,26H,11,13H2,1-2H3,(H,25,27)(H,32,33)/p-1. The van der Waals surface area contributed by atoms with Gasteiger partial charge in [0.2, 0.25) is 11.9 Å². The molecule has 0 fully saturated rings. The second-order valence-corrected chi connectivity index (χ2v) is 8.92. The lowest BCUT2D eigenvalue weighted by Crippen LogP contribution is -2.21. The Balaban J connectivity index is 1.40. The highest BCUT2D eigenvalue weighted by Crippen LogP contribution is 2.31. The Bertz CT molecular complexity index is 1420. The van der Waals surface area contributed by atoms with Gasteiger partial charge in [0.15, 0.2) is 0 Å². The summed E-state index contributed by atoms with van der Waals surface area (Å²) in [5.74, 6) is 1.12. The van der Waals surface area contributed by atoms with Gasteiger partial charge in [-0.15, -0.1) is 5.10 Å². The van der Waals surface area contributed by atoms with E-state index in [1.165, 1.54) is 7.05 Å². The molecular weight excluding hydrogens is 456 g/mol. The highest BCUT2D eigenvalue weighted by Gasteiger charge is 2.24. The third-order valence-electron chi connectivity index (χ3n) is 5.59. The van der Waals surface area contributed by atoms with Crippen molar-refractivity contribution in [3.05, 3.63) is 66.1 Å². The van der Waals surface area contributed by atoms with E-state index in [0.717, 1.165) is 26.8 Å². The first-order valence-electron chi connectivity index (χ1n) is 10.4. The van der Waals surface area contributed by atoms with Crippen molar-refractivity contribution in [1.82, 2.24) is 23.9 Å². The van der Waals surface area contributed by atoms with Crippen LogP contribution < -0.4 is 15.5 Å². The zero-order valence-electron chi connectivity index (χ0n) is 18.4. The molecule has 4 heterocycles. The van der Waals surface area contributed by atoms with Gasteiger partial charge in [0, 0.05) is 35.9 Å². The normalized spacial score (nSPS) is 14.0. The fourth-order valence-electron chi connectivity index (χ4n) is 3.81. The van der Waals surface area contributed by atoms with E-state index in [4.69, 9.17) is 0 Å². The number of nitrogens with zero attached hydrogens (tertiary/aromatic N) is 6. The molecule has 34 heavy (non-hydrogen) atoms. The minimum absolute atomic E-state index is 0.0651. The average molecular weight is 478 g/mol. The van der Waals surface area contributed by atoms with E-state index < -0.39 is 11.3 Å². The number of likely N-dealkylation sites (N-methyl/N-ethyl adjacent to an activating group) is 1. The molecule has 0 saturated heterocycles. The summed E-state index contributed by atoms with van der Waals surface area (Å²) in [6, 6.07) is 13.0. The Kier molecular flexibility index (Phi) is 5.69. The molecule has 0 bridgehead atoms. The van der Waals surface area contributed by atoms with Crippen LogP contribution in [0.5, 0.6) is 0 Å². The van der Waals surface area contributed by atoms with Crippen LogP contribution in [0.4, 0.5) is 28.8 Å². The summed E-state index contributed by atoms with van der Waals surface area (Å²) >= 11 is -2.35. The van der Waals surface area contributed by atoms with Crippen LogP contribution in [0.15, 0.2) is 54.9 Å². The number of hydrogen-bond donors (Lipinski definition) is 2. The molecule has 3 aromatic heterocycles. The Labute approximate surface area is 197 Å². The Hall–Kier alpha value is -3.87. The van der Waals surface area contributed by atoms with Crippen molar-refractivity contribution in [2.24, 2.45) is 0 Å². The van der Waals surface area contributed by atoms with Crippen molar-refractivity contribution in [1.29, 1.82) is 0 Å². The Morgan fingerprint density at radius 3 is 2.85 bits per heavy atom. The first kappa shape index (κ1) is 21.9. The lowest BCUT2D eigenvalue weighted by atomic mass is 10.1. The number of rotatable bonds is 7. The number of aromatic nitrogens is 4. The van der Waals surface area contributed by atoms with Crippen molar-refractivity contribution in [2.75, 3.05) is 29.6 Å². The number of nitrogens with one attached hydrogen (secondary N) is 2. The lowest BCUT2D eigenvalue weighted by molar-refractivity contribution is -0.117. The van der Waals surface area contributed by atoms with E-state index in [2.05, 4.69) is 25.7 Å². The molecule has 0 radical (unpaired) electrons. The van der Waals surface area contributed by atoms with Gasteiger partial charge >= 0.3 is 0 Å². The highest BCUT2D eigenvalue weighted by molar-refractivity contribution is 7.76. The van der Waals surface area contributed by atoms with Crippen LogP contribution >= 0.6 is 0 Å². The summed E-state index contributed by atoms with van der Waals surface area (Å²) in [7, 11) is 3.25. The zero-order valence-corrected chi connectivity index (χ0v) is 19.2. The number of fused-ring (bicyclic) bond motifs is 2. The van der Waals surface area contributed by atoms with Crippen LogP contribution in [0.2, 0.25) is 0 Å². The van der Waals surface area contributed by atoms with E-state index >= 15 is 0 Å². The van der Waals surface area contributed by atoms with E-state index in [0.29, 0.717) is 29.6 Å². The van der Waals surface area contributed by atoms with E-state index in [1.807, 2.05) is 36.4 Å². The van der Waals surface area contributed by atoms with Gasteiger partial charge in [0.05, 0.1) is 36.1 Å². The molecule has 174 valence electrons. The largest absolute Gasteiger partial charge is 0.760 e. The minimum Gasteiger partial charge on any atom is -0.760 e. The summed E-state index contributed by atoms with van der Waals surface area (Å²) in [4.78, 5) is 22.3. The summed E-state index contributed by atoms with van der Waals surface area (Å²) in [6.07, 6.45) is 3.68. The van der Waals surface area contributed by atoms with Crippen LogP contribution in [-0.4, -0.2) is 52.7 Å². The van der Waals surface area contributed by atoms with Gasteiger partial charge in [-0.05, 0) is 55.1 Å². The third kappa shape index (κ3) is 4.21. The van der Waals surface area contributed by atoms with Crippen molar-refractivity contribution >= 4 is 51.5 Å². The van der Waals surface area contributed by atoms with Crippen LogP contribution in [0.3, 0.4) is 0 Å². The first-order chi connectivity index (χ1) is 16.4. The second-order valence-electron chi connectivity index (χ2n) is 7.86. The number of carbonyl (C=O) groups excluding carboxylic acids is 1. The summed E-state index contributed by atoms with van der Waals surface area (Å²) < 4.78 is 25.3. The molecule has 11 nitrogen and oxygen atoms in total. The SMILES string of the molecule is CN1C(=O)Cc2cc(Nc3ncc4ccc(Nc5cccnc5CN(C)S(=O)[O-])n4n3)ccc21. The smallest absolute Gasteiger partial charge is 0.245 e. The summed E-state index contributed by atoms with van der Waals surface area (Å²) in [6.45, 7) is 0.125. The average Bonchev–Trinajstić information content (AvgIpc) is 3.34. The molecular formula is C22H21N8O3S-. The van der Waals surface area contributed by atoms with Gasteiger partial charge in [-0.1, -0.05) is 0 Å². The Morgan fingerprint density at radius 2 is 2.03 bits per heavy atom. The number of benzene rings is 1. The predicted octanol–water partition coefficient (Wildman–Crippen LogP) is 2.36. The van der Waals surface area contributed by atoms with Crippen molar-refractivity contribution in [3.63, 3.8) is 0 Å². The third-order valence-corrected chi connectivity index (χ3v) is 6.23. The van der Waals surface area contributed by atoms with Gasteiger partial charge < -0.3 is 20.1 Å². The molecule has 5 rings (SSSR count). The molecule has 1 atom stereocenters. The van der Waals surface area contributed by atoms with Crippen molar-refractivity contribution in [2.45, 2.75) is 13.0 Å². The molecule has 0 aliphatic carbocycles. The monoisotopic (exact) mass is 477 g/mol. The fraction of sp³-hybridized carbons (Fsp3) is 0.182. The van der Waals surface area contributed by atoms with Gasteiger partial charge in [-0.3, -0.25) is 14.0 Å². The zero-order chi connectivity index (χ0) is 23.8. The van der Waals surface area contributed by atoms with Gasteiger partial charge in [0.25, 0.3) is 0 Å². The number of hydrogen-bond acceptors (Lipinski definition) is 8. The molecule has 1 amide bonds. The molecule has 2 N–H and O–H groups in total. The van der Waals surface area contributed by atoms with Crippen molar-refractivity contribution in [3.8, 4) is 0 Å². The molecule has 1 aromatic carbocycles. The van der Waals surface area contributed by atoms with Gasteiger partial charge in [-0.25, -0.2) is 13.8 Å². The minimum atomic E-state index is -2.35. The highest BCUT2D eigenvalue weighted by atomic mass is 32.2. The van der Waals surface area contributed by atoms with Crippen LogP contribution in [0, 0.1) is 0 Å². The number of anilines is 5. The molecule has 1 unspecified atom stereocenters. The van der Waals surface area contributed by atoms with Crippen LogP contribution in [0.1, 0.15) is 11.3 Å². The number of pyridine rings is 1. The molecule has 4 aromatic rings. The summed E-state index contributed by atoms with van der Waals surface area (Å²) in [5, 5.41) is 11.1. The van der Waals surface area contributed by atoms with E-state index in [1.54, 1.807) is 34.9 Å². The number of amides is 1. The van der Waals surface area contributed by atoms with Gasteiger partial charge in [0.1, 0.15) is 5.82 Å². The van der Waals surface area contributed by atoms with Gasteiger partial charge in [-0.2, -0.15) is 0 Å². The molecule has 12 heteroatoms. The fourth-order valence-corrected chi connectivity index (χ4v) is 4.04.